The molecule has 170 valence electrons. The maximum atomic E-state index is 14.6. The molecule has 1 saturated heterocycles. The van der Waals surface area contributed by atoms with Crippen LogP contribution < -0.4 is 15.6 Å². The van der Waals surface area contributed by atoms with Crippen LogP contribution in [0.3, 0.4) is 0 Å². The van der Waals surface area contributed by atoms with Crippen LogP contribution in [0.5, 0.6) is 5.75 Å². The van der Waals surface area contributed by atoms with Crippen molar-refractivity contribution in [2.75, 3.05) is 16.8 Å². The minimum Gasteiger partial charge on any atom is -0.485 e. The lowest BCUT2D eigenvalue weighted by molar-refractivity contribution is 0.146. The maximum absolute atomic E-state index is 14.6. The quantitative estimate of drug-likeness (QED) is 0.525. The van der Waals surface area contributed by atoms with Gasteiger partial charge in [0.25, 0.3) is 12.0 Å². The summed E-state index contributed by atoms with van der Waals surface area (Å²) in [5.74, 6) is 1.91. The molecular formula is C22H23F3N4O2S. The van der Waals surface area contributed by atoms with E-state index in [1.54, 1.807) is 19.9 Å². The maximum Gasteiger partial charge on any atom is 0.291 e. The predicted molar refractivity (Wildman–Crippen MR) is 119 cm³/mol. The minimum absolute atomic E-state index is 0.0392. The van der Waals surface area contributed by atoms with E-state index >= 15 is 0 Å². The zero-order valence-electron chi connectivity index (χ0n) is 17.6. The van der Waals surface area contributed by atoms with Crippen LogP contribution in [-0.2, 0) is 0 Å². The summed E-state index contributed by atoms with van der Waals surface area (Å²) in [6.07, 6.45) is -1.24. The van der Waals surface area contributed by atoms with Gasteiger partial charge in [-0.15, -0.1) is 0 Å². The van der Waals surface area contributed by atoms with Crippen LogP contribution in [-0.4, -0.2) is 32.6 Å². The Morgan fingerprint density at radius 3 is 2.66 bits per heavy atom. The molecule has 0 bridgehead atoms. The number of hydrogen-bond donors (Lipinski definition) is 2. The lowest BCUT2D eigenvalue weighted by Crippen LogP contribution is -2.25. The first-order valence-electron chi connectivity index (χ1n) is 10.3. The van der Waals surface area contributed by atoms with E-state index in [1.165, 1.54) is 12.1 Å². The third-order valence-electron chi connectivity index (χ3n) is 5.36. The van der Waals surface area contributed by atoms with Gasteiger partial charge < -0.3 is 15.0 Å². The zero-order chi connectivity index (χ0) is 22.8. The van der Waals surface area contributed by atoms with Crippen LogP contribution in [0, 0.1) is 12.7 Å². The molecule has 3 heterocycles. The zero-order valence-corrected chi connectivity index (χ0v) is 18.4. The van der Waals surface area contributed by atoms with Crippen LogP contribution >= 0.6 is 11.8 Å². The number of nitrogens with zero attached hydrogens (tertiary/aromatic N) is 2. The molecule has 4 rings (SSSR count). The summed E-state index contributed by atoms with van der Waals surface area (Å²) in [5, 5.41) is 3.58. The minimum atomic E-state index is -2.91. The molecule has 0 radical (unpaired) electrons. The Balaban J connectivity index is 1.69. The number of ether oxygens (including phenoxy) is 1. The van der Waals surface area contributed by atoms with Gasteiger partial charge in [0.05, 0.1) is 17.0 Å². The average Bonchev–Trinajstić information content (AvgIpc) is 2.75. The molecule has 6 nitrogen and oxygen atoms in total. The fraction of sp³-hybridized carbons (Fsp3) is 0.409. The summed E-state index contributed by atoms with van der Waals surface area (Å²) >= 11 is 1.86. The molecule has 0 amide bonds. The average molecular weight is 465 g/mol. The molecule has 1 atom stereocenters. The summed E-state index contributed by atoms with van der Waals surface area (Å²) < 4.78 is 46.8. The Morgan fingerprint density at radius 1 is 1.22 bits per heavy atom. The number of fused-ring (bicyclic) bond motifs is 1. The Morgan fingerprint density at radius 2 is 1.94 bits per heavy atom. The van der Waals surface area contributed by atoms with Crippen LogP contribution in [0.2, 0.25) is 0 Å². The summed E-state index contributed by atoms with van der Waals surface area (Å²) in [4.78, 5) is 23.9. The Kier molecular flexibility index (Phi) is 6.59. The third-order valence-corrected chi connectivity index (χ3v) is 6.41. The monoisotopic (exact) mass is 464 g/mol. The number of thioether (sulfide) groups is 1. The molecule has 0 spiro atoms. The van der Waals surface area contributed by atoms with Crippen molar-refractivity contribution in [1.82, 2.24) is 15.0 Å². The number of nitrogens with one attached hydrogen (secondary N) is 2. The highest BCUT2D eigenvalue weighted by molar-refractivity contribution is 7.99. The molecule has 0 saturated carbocycles. The van der Waals surface area contributed by atoms with Crippen molar-refractivity contribution in [3.8, 4) is 5.75 Å². The third kappa shape index (κ3) is 4.69. The van der Waals surface area contributed by atoms with Gasteiger partial charge in [-0.3, -0.25) is 4.79 Å². The lowest BCUT2D eigenvalue weighted by Gasteiger charge is -2.22. The van der Waals surface area contributed by atoms with Gasteiger partial charge in [-0.1, -0.05) is 18.2 Å². The normalized spacial score (nSPS) is 15.8. The number of aryl methyl sites for hydroxylation is 1. The number of halogens is 3. The summed E-state index contributed by atoms with van der Waals surface area (Å²) in [7, 11) is 0. The number of rotatable bonds is 6. The number of aromatic amines is 1. The Hall–Kier alpha value is -2.75. The lowest BCUT2D eigenvalue weighted by atomic mass is 10.0. The Labute approximate surface area is 187 Å². The van der Waals surface area contributed by atoms with Crippen molar-refractivity contribution < 1.29 is 17.9 Å². The second kappa shape index (κ2) is 9.40. The number of H-pyrrole nitrogens is 1. The van der Waals surface area contributed by atoms with Crippen molar-refractivity contribution in [3.05, 3.63) is 57.4 Å². The molecule has 3 aromatic rings. The van der Waals surface area contributed by atoms with Gasteiger partial charge in [0.2, 0.25) is 0 Å². The number of hydrogen-bond acceptors (Lipinski definition) is 6. The smallest absolute Gasteiger partial charge is 0.291 e. The van der Waals surface area contributed by atoms with E-state index in [0.29, 0.717) is 22.7 Å². The van der Waals surface area contributed by atoms with Crippen molar-refractivity contribution in [2.45, 2.75) is 45.3 Å². The second-order valence-corrected chi connectivity index (χ2v) is 8.92. The molecule has 2 N–H and O–H groups in total. The number of pyridine rings is 1. The van der Waals surface area contributed by atoms with E-state index in [1.807, 2.05) is 11.8 Å². The number of alkyl halides is 2. The summed E-state index contributed by atoms with van der Waals surface area (Å²) in [6, 6.07) is 4.83. The fourth-order valence-corrected chi connectivity index (χ4v) is 4.77. The molecule has 10 heteroatoms. The standard InChI is InChI=1S/C22H23F3N4O2S/c1-11(14-4-3-5-15(18(14)23)19(24)25)26-20-16-10-17(31-13-6-8-32-9-7-13)22(30)29-21(16)28-12(2)27-20/h3-5,10-11,13,19H,6-9H2,1-2H3,(H2,26,27,28,29,30)/t11-/m1/s1. The van der Waals surface area contributed by atoms with Gasteiger partial charge in [0.1, 0.15) is 29.2 Å². The van der Waals surface area contributed by atoms with E-state index < -0.39 is 23.8 Å². The molecule has 0 aliphatic carbocycles. The number of aromatic nitrogens is 3. The van der Waals surface area contributed by atoms with E-state index in [9.17, 15) is 18.0 Å². The van der Waals surface area contributed by atoms with Crippen molar-refractivity contribution >= 4 is 28.6 Å². The molecule has 32 heavy (non-hydrogen) atoms. The van der Waals surface area contributed by atoms with E-state index in [2.05, 4.69) is 20.3 Å². The van der Waals surface area contributed by atoms with Crippen molar-refractivity contribution in [1.29, 1.82) is 0 Å². The van der Waals surface area contributed by atoms with Crippen molar-refractivity contribution in [2.24, 2.45) is 0 Å². The van der Waals surface area contributed by atoms with Crippen LogP contribution in [0.25, 0.3) is 11.0 Å². The molecule has 2 aromatic heterocycles. The first kappa shape index (κ1) is 22.4. The Bertz CT molecular complexity index is 1180. The molecule has 1 fully saturated rings. The van der Waals surface area contributed by atoms with Gasteiger partial charge >= 0.3 is 0 Å². The van der Waals surface area contributed by atoms with Crippen molar-refractivity contribution in [3.63, 3.8) is 0 Å². The van der Waals surface area contributed by atoms with E-state index in [4.69, 9.17) is 4.74 Å². The van der Waals surface area contributed by atoms with Gasteiger partial charge in [0, 0.05) is 11.6 Å². The van der Waals surface area contributed by atoms with E-state index in [-0.39, 0.29) is 23.0 Å². The van der Waals surface area contributed by atoms with Crippen LogP contribution in [0.1, 0.15) is 49.2 Å². The number of benzene rings is 1. The summed E-state index contributed by atoms with van der Waals surface area (Å²) in [5.41, 5.74) is -0.632. The SMILES string of the molecule is Cc1nc(N[C@H](C)c2cccc(C(F)F)c2F)c2cc(OC3CCSCC3)c(=O)[nH]c2n1. The predicted octanol–water partition coefficient (Wildman–Crippen LogP) is 5.15. The highest BCUT2D eigenvalue weighted by Gasteiger charge is 2.22. The fourth-order valence-electron chi connectivity index (χ4n) is 3.70. The van der Waals surface area contributed by atoms with Crippen LogP contribution in [0.15, 0.2) is 29.1 Å². The van der Waals surface area contributed by atoms with Gasteiger partial charge in [-0.2, -0.15) is 11.8 Å². The van der Waals surface area contributed by atoms with Crippen LogP contribution in [0.4, 0.5) is 19.0 Å². The molecule has 1 aliphatic heterocycles. The van der Waals surface area contributed by atoms with Gasteiger partial charge in [-0.25, -0.2) is 23.1 Å². The highest BCUT2D eigenvalue weighted by atomic mass is 32.2. The van der Waals surface area contributed by atoms with Gasteiger partial charge in [0.15, 0.2) is 5.75 Å². The molecule has 1 aliphatic rings. The molecular weight excluding hydrogens is 441 g/mol. The molecule has 1 aromatic carbocycles. The summed E-state index contributed by atoms with van der Waals surface area (Å²) in [6.45, 7) is 3.31. The first-order valence-corrected chi connectivity index (χ1v) is 11.5. The topological polar surface area (TPSA) is 79.9 Å². The largest absolute Gasteiger partial charge is 0.485 e. The van der Waals surface area contributed by atoms with E-state index in [0.717, 1.165) is 30.4 Å². The second-order valence-electron chi connectivity index (χ2n) is 7.69. The number of anilines is 1. The molecule has 0 unspecified atom stereocenters. The first-order chi connectivity index (χ1) is 15.3. The highest BCUT2D eigenvalue weighted by Crippen LogP contribution is 2.31. The van der Waals surface area contributed by atoms with Gasteiger partial charge in [-0.05, 0) is 38.2 Å².